The highest BCUT2D eigenvalue weighted by Gasteiger charge is 2.37. The van der Waals surface area contributed by atoms with Crippen LogP contribution in [0.2, 0.25) is 0 Å². The standard InChI is InChI=1S/C27H29N3O5/c1-34-23-13-7-20(8-14-23)16-30-24(17-31)26(35-18-25(30)32)21-9-11-22(12-10-21)29-27(33)28-15-19-5-3-2-4-6-19/h2-14,24,26,31H,15-18H2,1H3,(H2,28,29,33). The van der Waals surface area contributed by atoms with Crippen molar-refractivity contribution in [2.24, 2.45) is 0 Å². The molecule has 1 aliphatic rings. The monoisotopic (exact) mass is 475 g/mol. The first-order valence-electron chi connectivity index (χ1n) is 11.4. The van der Waals surface area contributed by atoms with Gasteiger partial charge >= 0.3 is 6.03 Å². The zero-order chi connectivity index (χ0) is 24.6. The Balaban J connectivity index is 1.39. The molecule has 0 aromatic heterocycles. The summed E-state index contributed by atoms with van der Waals surface area (Å²) in [6.45, 7) is 0.472. The van der Waals surface area contributed by atoms with Gasteiger partial charge in [-0.25, -0.2) is 4.79 Å². The van der Waals surface area contributed by atoms with Gasteiger partial charge in [-0.05, 0) is 41.0 Å². The van der Waals surface area contributed by atoms with Crippen molar-refractivity contribution in [2.75, 3.05) is 25.6 Å². The lowest BCUT2D eigenvalue weighted by Crippen LogP contribution is -2.52. The number of benzene rings is 3. The Morgan fingerprint density at radius 2 is 1.74 bits per heavy atom. The number of anilines is 1. The average molecular weight is 476 g/mol. The number of nitrogens with zero attached hydrogens (tertiary/aromatic N) is 1. The molecule has 4 rings (SSSR count). The van der Waals surface area contributed by atoms with Crippen molar-refractivity contribution in [3.8, 4) is 5.75 Å². The molecule has 2 atom stereocenters. The summed E-state index contributed by atoms with van der Waals surface area (Å²) in [6, 6.07) is 23.5. The second-order valence-corrected chi connectivity index (χ2v) is 8.27. The number of morpholine rings is 1. The van der Waals surface area contributed by atoms with Crippen LogP contribution in [0.3, 0.4) is 0 Å². The number of aliphatic hydroxyl groups is 1. The molecule has 2 unspecified atom stereocenters. The van der Waals surface area contributed by atoms with E-state index in [1.54, 1.807) is 24.1 Å². The lowest BCUT2D eigenvalue weighted by molar-refractivity contribution is -0.162. The van der Waals surface area contributed by atoms with E-state index in [2.05, 4.69) is 10.6 Å². The molecule has 0 aliphatic carbocycles. The molecular formula is C27H29N3O5. The number of hydrogen-bond donors (Lipinski definition) is 3. The molecule has 0 spiro atoms. The van der Waals surface area contributed by atoms with Crippen molar-refractivity contribution < 1.29 is 24.2 Å². The molecule has 1 heterocycles. The number of urea groups is 1. The number of nitrogens with one attached hydrogen (secondary N) is 2. The van der Waals surface area contributed by atoms with Crippen LogP contribution in [0, 0.1) is 0 Å². The highest BCUT2D eigenvalue weighted by Crippen LogP contribution is 2.31. The van der Waals surface area contributed by atoms with E-state index < -0.39 is 12.1 Å². The van der Waals surface area contributed by atoms with Gasteiger partial charge in [-0.15, -0.1) is 0 Å². The van der Waals surface area contributed by atoms with Crippen LogP contribution in [0.5, 0.6) is 5.75 Å². The van der Waals surface area contributed by atoms with E-state index in [9.17, 15) is 14.7 Å². The topological polar surface area (TPSA) is 100 Å². The molecule has 1 aliphatic heterocycles. The molecule has 3 aromatic carbocycles. The SMILES string of the molecule is COc1ccc(CN2C(=O)COC(c3ccc(NC(=O)NCc4ccccc4)cc3)C2CO)cc1. The predicted molar refractivity (Wildman–Crippen MR) is 132 cm³/mol. The summed E-state index contributed by atoms with van der Waals surface area (Å²) >= 11 is 0. The third-order valence-corrected chi connectivity index (χ3v) is 5.95. The summed E-state index contributed by atoms with van der Waals surface area (Å²) in [4.78, 5) is 26.5. The van der Waals surface area contributed by atoms with Crippen LogP contribution in [0.4, 0.5) is 10.5 Å². The van der Waals surface area contributed by atoms with Gasteiger partial charge in [0.15, 0.2) is 0 Å². The minimum atomic E-state index is -0.536. The average Bonchev–Trinajstić information content (AvgIpc) is 2.90. The lowest BCUT2D eigenvalue weighted by Gasteiger charge is -2.40. The number of carbonyl (C=O) groups is 2. The highest BCUT2D eigenvalue weighted by atomic mass is 16.5. The van der Waals surface area contributed by atoms with Crippen molar-refractivity contribution in [1.82, 2.24) is 10.2 Å². The first kappa shape index (κ1) is 24.3. The fourth-order valence-corrected chi connectivity index (χ4v) is 4.06. The van der Waals surface area contributed by atoms with Crippen LogP contribution >= 0.6 is 0 Å². The van der Waals surface area contributed by atoms with E-state index in [1.165, 1.54) is 0 Å². The van der Waals surface area contributed by atoms with Crippen LogP contribution in [0.25, 0.3) is 0 Å². The molecule has 8 nitrogen and oxygen atoms in total. The number of rotatable bonds is 8. The molecule has 0 radical (unpaired) electrons. The first-order valence-corrected chi connectivity index (χ1v) is 11.4. The Labute approximate surface area is 204 Å². The Bertz CT molecular complexity index is 1120. The number of hydrogen-bond acceptors (Lipinski definition) is 5. The Morgan fingerprint density at radius 1 is 1.03 bits per heavy atom. The second-order valence-electron chi connectivity index (χ2n) is 8.27. The van der Waals surface area contributed by atoms with Gasteiger partial charge in [0.1, 0.15) is 18.5 Å². The molecule has 3 aromatic rings. The summed E-state index contributed by atoms with van der Waals surface area (Å²) in [7, 11) is 1.60. The normalized spacial score (nSPS) is 17.7. The van der Waals surface area contributed by atoms with Gasteiger partial charge in [-0.1, -0.05) is 54.6 Å². The molecule has 0 bridgehead atoms. The quantitative estimate of drug-likeness (QED) is 0.463. The maximum Gasteiger partial charge on any atom is 0.319 e. The summed E-state index contributed by atoms with van der Waals surface area (Å²) in [6.07, 6.45) is -0.489. The van der Waals surface area contributed by atoms with Crippen molar-refractivity contribution in [3.05, 3.63) is 95.6 Å². The summed E-state index contributed by atoms with van der Waals surface area (Å²) in [5.41, 5.74) is 3.38. The lowest BCUT2D eigenvalue weighted by atomic mass is 9.98. The van der Waals surface area contributed by atoms with Crippen LogP contribution in [0.1, 0.15) is 22.8 Å². The number of methoxy groups -OCH3 is 1. The minimum Gasteiger partial charge on any atom is -0.497 e. The van der Waals surface area contributed by atoms with Crippen LogP contribution in [0.15, 0.2) is 78.9 Å². The highest BCUT2D eigenvalue weighted by molar-refractivity contribution is 5.89. The van der Waals surface area contributed by atoms with Gasteiger partial charge in [0, 0.05) is 18.8 Å². The maximum atomic E-state index is 12.6. The first-order chi connectivity index (χ1) is 17.1. The van der Waals surface area contributed by atoms with Crippen molar-refractivity contribution >= 4 is 17.6 Å². The second kappa shape index (κ2) is 11.5. The molecule has 1 fully saturated rings. The van der Waals surface area contributed by atoms with E-state index >= 15 is 0 Å². The Hall–Kier alpha value is -3.88. The van der Waals surface area contributed by atoms with E-state index in [-0.39, 0.29) is 25.2 Å². The maximum absolute atomic E-state index is 12.6. The van der Waals surface area contributed by atoms with Gasteiger partial charge in [0.05, 0.1) is 19.8 Å². The third kappa shape index (κ3) is 6.17. The van der Waals surface area contributed by atoms with E-state index in [1.807, 2.05) is 66.7 Å². The van der Waals surface area contributed by atoms with Gasteiger partial charge in [-0.2, -0.15) is 0 Å². The van der Waals surface area contributed by atoms with Gasteiger partial charge < -0.3 is 30.1 Å². The Morgan fingerprint density at radius 3 is 2.40 bits per heavy atom. The van der Waals surface area contributed by atoms with Gasteiger partial charge in [0.25, 0.3) is 0 Å². The van der Waals surface area contributed by atoms with Gasteiger partial charge in [0.2, 0.25) is 5.91 Å². The molecule has 0 saturated carbocycles. The number of ether oxygens (including phenoxy) is 2. The zero-order valence-electron chi connectivity index (χ0n) is 19.5. The Kier molecular flexibility index (Phi) is 7.97. The molecule has 3 amide bonds. The molecular weight excluding hydrogens is 446 g/mol. The fraction of sp³-hybridized carbons (Fsp3) is 0.259. The number of aliphatic hydroxyl groups excluding tert-OH is 1. The van der Waals surface area contributed by atoms with E-state index in [0.717, 1.165) is 22.4 Å². The van der Waals surface area contributed by atoms with E-state index in [4.69, 9.17) is 9.47 Å². The van der Waals surface area contributed by atoms with Crippen LogP contribution in [-0.2, 0) is 22.6 Å². The molecule has 182 valence electrons. The fourth-order valence-electron chi connectivity index (χ4n) is 4.06. The summed E-state index contributed by atoms with van der Waals surface area (Å²) in [5, 5.41) is 15.8. The summed E-state index contributed by atoms with van der Waals surface area (Å²) in [5.74, 6) is 0.561. The predicted octanol–water partition coefficient (Wildman–Crippen LogP) is 3.48. The molecule has 3 N–H and O–H groups in total. The number of carbonyl (C=O) groups excluding carboxylic acids is 2. The van der Waals surface area contributed by atoms with Crippen molar-refractivity contribution in [1.29, 1.82) is 0 Å². The molecule has 1 saturated heterocycles. The summed E-state index contributed by atoms with van der Waals surface area (Å²) < 4.78 is 11.0. The van der Waals surface area contributed by atoms with Gasteiger partial charge in [-0.3, -0.25) is 4.79 Å². The van der Waals surface area contributed by atoms with Crippen LogP contribution in [-0.4, -0.2) is 48.3 Å². The third-order valence-electron chi connectivity index (χ3n) is 5.95. The minimum absolute atomic E-state index is 0.0702. The molecule has 8 heteroatoms. The zero-order valence-corrected chi connectivity index (χ0v) is 19.5. The van der Waals surface area contributed by atoms with E-state index in [0.29, 0.717) is 18.8 Å². The molecule has 35 heavy (non-hydrogen) atoms. The van der Waals surface area contributed by atoms with Crippen molar-refractivity contribution in [2.45, 2.75) is 25.2 Å². The smallest absolute Gasteiger partial charge is 0.319 e. The largest absolute Gasteiger partial charge is 0.497 e. The van der Waals surface area contributed by atoms with Crippen molar-refractivity contribution in [3.63, 3.8) is 0 Å². The van der Waals surface area contributed by atoms with Crippen LogP contribution < -0.4 is 15.4 Å². The number of amides is 3.